The quantitative estimate of drug-likeness (QED) is 0.350. The van der Waals surface area contributed by atoms with Crippen LogP contribution in [0, 0.1) is 5.92 Å². The predicted octanol–water partition coefficient (Wildman–Crippen LogP) is 5.94. The number of amides is 2. The number of nitrogens with one attached hydrogen (secondary N) is 1. The first-order valence-electron chi connectivity index (χ1n) is 14.9. The Bertz CT molecular complexity index is 1150. The molecule has 1 saturated carbocycles. The minimum absolute atomic E-state index is 0.0822. The summed E-state index contributed by atoms with van der Waals surface area (Å²) in [5.74, 6) is -0.349. The number of hydrogen-bond donors (Lipinski definition) is 2. The zero-order valence-corrected chi connectivity index (χ0v) is 24.5. The van der Waals surface area contributed by atoms with Crippen LogP contribution in [0.25, 0.3) is 0 Å². The van der Waals surface area contributed by atoms with E-state index in [9.17, 15) is 19.5 Å². The molecule has 0 aromatic heterocycles. The van der Waals surface area contributed by atoms with Gasteiger partial charge in [0.1, 0.15) is 18.0 Å². The molecule has 0 spiro atoms. The lowest BCUT2D eigenvalue weighted by Crippen LogP contribution is -2.40. The normalized spacial score (nSPS) is 22.8. The van der Waals surface area contributed by atoms with Gasteiger partial charge in [-0.15, -0.1) is 0 Å². The van der Waals surface area contributed by atoms with Crippen LogP contribution in [0.5, 0.6) is 5.75 Å². The van der Waals surface area contributed by atoms with Crippen LogP contribution in [0.2, 0.25) is 0 Å². The predicted molar refractivity (Wildman–Crippen MR) is 157 cm³/mol. The van der Waals surface area contributed by atoms with E-state index in [1.54, 1.807) is 0 Å². The topological polar surface area (TPSA) is 105 Å². The molecule has 8 heteroatoms. The van der Waals surface area contributed by atoms with Gasteiger partial charge < -0.3 is 24.8 Å². The van der Waals surface area contributed by atoms with Crippen LogP contribution >= 0.6 is 0 Å². The molecule has 4 rings (SSSR count). The minimum atomic E-state index is -0.945. The Morgan fingerprint density at radius 2 is 1.68 bits per heavy atom. The standard InChI is InChI=1S/C33H44N2O6/c1-33(2,3)41-32(39)34-27-15-11-24(12-16-27)25-13-17-29(18-14-25)40-22-28-20-26(21-30(36)37)31(38)35(28)19-7-10-23-8-5-4-6-9-23/h4-6,8-9,13-14,17-18,24,26-28H,7,10-12,15-16,19-22H2,1-3H3,(H,34,39)(H,36,37)/t24-,26-,27-,28-/m0/s1. The summed E-state index contributed by atoms with van der Waals surface area (Å²) in [5, 5.41) is 12.3. The number of ether oxygens (including phenoxy) is 2. The van der Waals surface area contributed by atoms with Gasteiger partial charge in [-0.05, 0) is 94.9 Å². The Hall–Kier alpha value is -3.55. The number of aliphatic carboxylic acids is 1. The number of carboxylic acids is 1. The highest BCUT2D eigenvalue weighted by Crippen LogP contribution is 2.34. The number of aryl methyl sites for hydroxylation is 1. The van der Waals surface area contributed by atoms with E-state index in [0.717, 1.165) is 44.3 Å². The maximum absolute atomic E-state index is 13.0. The third kappa shape index (κ3) is 9.23. The molecule has 1 saturated heterocycles. The smallest absolute Gasteiger partial charge is 0.407 e. The third-order valence-electron chi connectivity index (χ3n) is 8.00. The molecule has 2 N–H and O–H groups in total. The Morgan fingerprint density at radius 3 is 2.32 bits per heavy atom. The third-order valence-corrected chi connectivity index (χ3v) is 8.00. The van der Waals surface area contributed by atoms with E-state index < -0.39 is 17.5 Å². The number of carboxylic acid groups (broad SMARTS) is 1. The fraction of sp³-hybridized carbons (Fsp3) is 0.545. The van der Waals surface area contributed by atoms with Crippen LogP contribution in [-0.2, 0) is 20.7 Å². The molecule has 2 amide bonds. The van der Waals surface area contributed by atoms with Crippen molar-refractivity contribution >= 4 is 18.0 Å². The molecule has 1 heterocycles. The first-order chi connectivity index (χ1) is 19.6. The zero-order valence-electron chi connectivity index (χ0n) is 24.5. The molecule has 1 aliphatic heterocycles. The lowest BCUT2D eigenvalue weighted by molar-refractivity contribution is -0.142. The van der Waals surface area contributed by atoms with Gasteiger partial charge in [-0.25, -0.2) is 4.79 Å². The highest BCUT2D eigenvalue weighted by Gasteiger charge is 2.40. The van der Waals surface area contributed by atoms with Gasteiger partial charge in [0.05, 0.1) is 18.4 Å². The number of rotatable bonds is 11. The lowest BCUT2D eigenvalue weighted by atomic mass is 9.82. The van der Waals surface area contributed by atoms with Gasteiger partial charge in [-0.2, -0.15) is 0 Å². The van der Waals surface area contributed by atoms with Crippen molar-refractivity contribution in [2.75, 3.05) is 13.2 Å². The van der Waals surface area contributed by atoms with Crippen molar-refractivity contribution in [1.82, 2.24) is 10.2 Å². The number of likely N-dealkylation sites (tertiary alicyclic amines) is 1. The van der Waals surface area contributed by atoms with Crippen molar-refractivity contribution in [3.63, 3.8) is 0 Å². The zero-order chi connectivity index (χ0) is 29.4. The summed E-state index contributed by atoms with van der Waals surface area (Å²) in [6, 6.07) is 18.3. The molecule has 0 radical (unpaired) electrons. The molecule has 1 aliphatic carbocycles. The lowest BCUT2D eigenvalue weighted by Gasteiger charge is -2.30. The van der Waals surface area contributed by atoms with E-state index >= 15 is 0 Å². The Kier molecular flexibility index (Phi) is 10.3. The highest BCUT2D eigenvalue weighted by atomic mass is 16.6. The van der Waals surface area contributed by atoms with Crippen molar-refractivity contribution < 1.29 is 29.0 Å². The van der Waals surface area contributed by atoms with Gasteiger partial charge in [0.15, 0.2) is 0 Å². The second-order valence-corrected chi connectivity index (χ2v) is 12.4. The minimum Gasteiger partial charge on any atom is -0.491 e. The van der Waals surface area contributed by atoms with Crippen LogP contribution < -0.4 is 10.1 Å². The molecule has 2 fully saturated rings. The first-order valence-corrected chi connectivity index (χ1v) is 14.9. The Balaban J connectivity index is 1.27. The number of alkyl carbamates (subject to hydrolysis) is 1. The van der Waals surface area contributed by atoms with Crippen LogP contribution in [0.1, 0.15) is 82.8 Å². The van der Waals surface area contributed by atoms with E-state index in [1.807, 2.05) is 56.0 Å². The fourth-order valence-corrected chi connectivity index (χ4v) is 5.98. The molecule has 8 nitrogen and oxygen atoms in total. The van der Waals surface area contributed by atoms with Crippen molar-refractivity contribution in [3.05, 3.63) is 65.7 Å². The van der Waals surface area contributed by atoms with Gasteiger partial charge in [-0.3, -0.25) is 9.59 Å². The van der Waals surface area contributed by atoms with Gasteiger partial charge in [0.25, 0.3) is 0 Å². The van der Waals surface area contributed by atoms with E-state index in [2.05, 4.69) is 29.6 Å². The van der Waals surface area contributed by atoms with E-state index in [1.165, 1.54) is 11.1 Å². The first kappa shape index (κ1) is 30.4. The summed E-state index contributed by atoms with van der Waals surface area (Å²) in [6.45, 7) is 6.52. The number of benzene rings is 2. The summed E-state index contributed by atoms with van der Waals surface area (Å²) in [7, 11) is 0. The Labute approximate surface area is 243 Å². The van der Waals surface area contributed by atoms with E-state index in [4.69, 9.17) is 9.47 Å². The van der Waals surface area contributed by atoms with Gasteiger partial charge in [0, 0.05) is 12.6 Å². The van der Waals surface area contributed by atoms with Crippen molar-refractivity contribution in [2.45, 2.75) is 95.7 Å². The summed E-state index contributed by atoms with van der Waals surface area (Å²) in [6.07, 6.45) is 5.49. The van der Waals surface area contributed by atoms with Crippen LogP contribution in [0.15, 0.2) is 54.6 Å². The molecule has 41 heavy (non-hydrogen) atoms. The molecule has 222 valence electrons. The average molecular weight is 565 g/mol. The number of carbonyl (C=O) groups excluding carboxylic acids is 2. The summed E-state index contributed by atoms with van der Waals surface area (Å²) >= 11 is 0. The molecule has 0 unspecified atom stereocenters. The molecule has 2 aromatic carbocycles. The van der Waals surface area contributed by atoms with Crippen molar-refractivity contribution in [3.8, 4) is 5.75 Å². The molecule has 2 aliphatic rings. The highest BCUT2D eigenvalue weighted by molar-refractivity contribution is 5.85. The maximum atomic E-state index is 13.0. The van der Waals surface area contributed by atoms with Gasteiger partial charge >= 0.3 is 12.1 Å². The van der Waals surface area contributed by atoms with Crippen LogP contribution in [0.3, 0.4) is 0 Å². The number of hydrogen-bond acceptors (Lipinski definition) is 5. The second kappa shape index (κ2) is 13.9. The van der Waals surface area contributed by atoms with Crippen molar-refractivity contribution in [1.29, 1.82) is 0 Å². The molecular weight excluding hydrogens is 520 g/mol. The monoisotopic (exact) mass is 564 g/mol. The summed E-state index contributed by atoms with van der Waals surface area (Å²) in [4.78, 5) is 38.3. The SMILES string of the molecule is CC(C)(C)OC(=O)N[C@H]1CC[C@H](c2ccc(OC[C@@H]3C[C@@H](CC(=O)O)C(=O)N3CCCc3ccccc3)cc2)CC1. The average Bonchev–Trinajstić information content (AvgIpc) is 3.21. The Morgan fingerprint density at radius 1 is 1.00 bits per heavy atom. The van der Waals surface area contributed by atoms with Gasteiger partial charge in [0.2, 0.25) is 5.91 Å². The van der Waals surface area contributed by atoms with Gasteiger partial charge in [-0.1, -0.05) is 42.5 Å². The molecule has 2 atom stereocenters. The summed E-state index contributed by atoms with van der Waals surface area (Å²) < 4.78 is 11.5. The van der Waals surface area contributed by atoms with Crippen molar-refractivity contribution in [2.24, 2.45) is 5.92 Å². The fourth-order valence-electron chi connectivity index (χ4n) is 5.98. The summed E-state index contributed by atoms with van der Waals surface area (Å²) in [5.41, 5.74) is 1.98. The molecule has 0 bridgehead atoms. The molecular formula is C33H44N2O6. The number of carbonyl (C=O) groups is 3. The largest absolute Gasteiger partial charge is 0.491 e. The second-order valence-electron chi connectivity index (χ2n) is 12.4. The van der Waals surface area contributed by atoms with E-state index in [-0.39, 0.29) is 30.5 Å². The maximum Gasteiger partial charge on any atom is 0.407 e. The van der Waals surface area contributed by atoms with E-state index in [0.29, 0.717) is 25.5 Å². The number of nitrogens with zero attached hydrogens (tertiary/aromatic N) is 1. The molecule has 2 aromatic rings. The van der Waals surface area contributed by atoms with Crippen LogP contribution in [0.4, 0.5) is 4.79 Å². The van der Waals surface area contributed by atoms with Crippen LogP contribution in [-0.4, -0.2) is 58.8 Å².